The predicted octanol–water partition coefficient (Wildman–Crippen LogP) is 2.68. The normalized spacial score (nSPS) is 16.3. The summed E-state index contributed by atoms with van der Waals surface area (Å²) < 4.78 is 21.3. The maximum atomic E-state index is 12.6. The number of amides is 2. The molecule has 0 radical (unpaired) electrons. The average molecular weight is 378 g/mol. The van der Waals surface area contributed by atoms with Crippen LogP contribution < -0.4 is 24.8 Å². The first kappa shape index (κ1) is 20.4. The standard InChI is InChI=1S/C19H26N2O6/c1-6-8-12-15(18(22)27-7-2)16(21-19(23)20-12)11-9-13(24-3)17(26-5)14(10-11)25-4/h9-10,16H,6-8H2,1-5H3,(H2,20,21,23). The number of ether oxygens (including phenoxy) is 4. The van der Waals surface area contributed by atoms with Gasteiger partial charge in [0.15, 0.2) is 11.5 Å². The van der Waals surface area contributed by atoms with Gasteiger partial charge in [0.2, 0.25) is 5.75 Å². The van der Waals surface area contributed by atoms with Crippen molar-refractivity contribution in [2.24, 2.45) is 0 Å². The number of nitrogens with one attached hydrogen (secondary N) is 2. The van der Waals surface area contributed by atoms with E-state index in [1.807, 2.05) is 6.92 Å². The minimum atomic E-state index is -0.701. The molecule has 8 nitrogen and oxygen atoms in total. The largest absolute Gasteiger partial charge is 0.493 e. The molecular formula is C19H26N2O6. The van der Waals surface area contributed by atoms with Crippen LogP contribution in [0.2, 0.25) is 0 Å². The quantitative estimate of drug-likeness (QED) is 0.676. The molecule has 2 amide bonds. The number of benzene rings is 1. The second kappa shape index (κ2) is 9.16. The van der Waals surface area contributed by atoms with Gasteiger partial charge in [0.05, 0.1) is 39.6 Å². The maximum absolute atomic E-state index is 12.6. The highest BCUT2D eigenvalue weighted by atomic mass is 16.5. The number of urea groups is 1. The zero-order valence-electron chi connectivity index (χ0n) is 16.3. The third-order valence-corrected chi connectivity index (χ3v) is 4.17. The van der Waals surface area contributed by atoms with Crippen LogP contribution in [0.15, 0.2) is 23.4 Å². The fraction of sp³-hybridized carbons (Fsp3) is 0.474. The highest BCUT2D eigenvalue weighted by molar-refractivity contribution is 5.95. The smallest absolute Gasteiger partial charge is 0.338 e. The lowest BCUT2D eigenvalue weighted by Gasteiger charge is -2.30. The number of rotatable bonds is 8. The third-order valence-electron chi connectivity index (χ3n) is 4.17. The summed E-state index contributed by atoms with van der Waals surface area (Å²) in [5.74, 6) is 0.812. The number of methoxy groups -OCH3 is 3. The summed E-state index contributed by atoms with van der Waals surface area (Å²) >= 11 is 0. The van der Waals surface area contributed by atoms with Crippen LogP contribution in [0.1, 0.15) is 38.3 Å². The first-order valence-corrected chi connectivity index (χ1v) is 8.78. The van der Waals surface area contributed by atoms with Crippen LogP contribution >= 0.6 is 0 Å². The molecular weight excluding hydrogens is 352 g/mol. The van der Waals surface area contributed by atoms with Crippen molar-refractivity contribution in [1.29, 1.82) is 0 Å². The number of carbonyl (C=O) groups is 2. The van der Waals surface area contributed by atoms with Crippen LogP contribution in [0.4, 0.5) is 4.79 Å². The van der Waals surface area contributed by atoms with E-state index in [0.29, 0.717) is 40.5 Å². The van der Waals surface area contributed by atoms with Gasteiger partial charge in [-0.2, -0.15) is 0 Å². The van der Waals surface area contributed by atoms with Crippen molar-refractivity contribution in [2.75, 3.05) is 27.9 Å². The first-order valence-electron chi connectivity index (χ1n) is 8.78. The molecule has 1 atom stereocenters. The fourth-order valence-electron chi connectivity index (χ4n) is 3.03. The Morgan fingerprint density at radius 2 is 1.70 bits per heavy atom. The van der Waals surface area contributed by atoms with E-state index in [9.17, 15) is 9.59 Å². The van der Waals surface area contributed by atoms with Crippen LogP contribution in [0.3, 0.4) is 0 Å². The van der Waals surface area contributed by atoms with Crippen molar-refractivity contribution in [3.63, 3.8) is 0 Å². The molecule has 2 N–H and O–H groups in total. The fourth-order valence-corrected chi connectivity index (χ4v) is 3.03. The summed E-state index contributed by atoms with van der Waals surface area (Å²) in [6.45, 7) is 3.94. The molecule has 0 saturated heterocycles. The van der Waals surface area contributed by atoms with Crippen molar-refractivity contribution in [1.82, 2.24) is 10.6 Å². The monoisotopic (exact) mass is 378 g/mol. The van der Waals surface area contributed by atoms with E-state index in [2.05, 4.69) is 10.6 Å². The van der Waals surface area contributed by atoms with E-state index in [-0.39, 0.29) is 12.6 Å². The predicted molar refractivity (Wildman–Crippen MR) is 99.1 cm³/mol. The van der Waals surface area contributed by atoms with Crippen molar-refractivity contribution in [2.45, 2.75) is 32.7 Å². The van der Waals surface area contributed by atoms with Gasteiger partial charge < -0.3 is 29.6 Å². The minimum Gasteiger partial charge on any atom is -0.493 e. The number of hydrogen-bond acceptors (Lipinski definition) is 6. The van der Waals surface area contributed by atoms with Gasteiger partial charge >= 0.3 is 12.0 Å². The molecule has 1 aromatic rings. The molecule has 1 aliphatic heterocycles. The first-order chi connectivity index (χ1) is 13.0. The summed E-state index contributed by atoms with van der Waals surface area (Å²) in [5, 5.41) is 5.52. The second-order valence-corrected chi connectivity index (χ2v) is 5.85. The maximum Gasteiger partial charge on any atom is 0.338 e. The second-order valence-electron chi connectivity index (χ2n) is 5.85. The number of carbonyl (C=O) groups excluding carboxylic acids is 2. The summed E-state index contributed by atoms with van der Waals surface area (Å²) in [5.41, 5.74) is 1.54. The van der Waals surface area contributed by atoms with E-state index in [4.69, 9.17) is 18.9 Å². The molecule has 2 rings (SSSR count). The van der Waals surface area contributed by atoms with Crippen molar-refractivity contribution in [3.8, 4) is 17.2 Å². The van der Waals surface area contributed by atoms with E-state index < -0.39 is 12.0 Å². The highest BCUT2D eigenvalue weighted by Crippen LogP contribution is 2.41. The van der Waals surface area contributed by atoms with Crippen LogP contribution in [-0.4, -0.2) is 39.9 Å². The summed E-state index contributed by atoms with van der Waals surface area (Å²) in [7, 11) is 4.52. The van der Waals surface area contributed by atoms with Crippen molar-refractivity contribution >= 4 is 12.0 Å². The summed E-state index contributed by atoms with van der Waals surface area (Å²) in [6, 6.07) is 2.33. The lowest BCUT2D eigenvalue weighted by atomic mass is 9.93. The Hall–Kier alpha value is -2.90. The molecule has 0 bridgehead atoms. The van der Waals surface area contributed by atoms with Gasteiger partial charge in [-0.1, -0.05) is 13.3 Å². The van der Waals surface area contributed by atoms with Crippen LogP contribution in [0.25, 0.3) is 0 Å². The van der Waals surface area contributed by atoms with Gasteiger partial charge in [-0.05, 0) is 31.0 Å². The molecule has 8 heteroatoms. The van der Waals surface area contributed by atoms with E-state index in [1.54, 1.807) is 19.1 Å². The molecule has 27 heavy (non-hydrogen) atoms. The zero-order chi connectivity index (χ0) is 20.0. The van der Waals surface area contributed by atoms with Gasteiger partial charge in [0.1, 0.15) is 0 Å². The van der Waals surface area contributed by atoms with Crippen molar-refractivity contribution in [3.05, 3.63) is 29.0 Å². The Balaban J connectivity index is 2.63. The molecule has 0 saturated carbocycles. The Kier molecular flexibility index (Phi) is 6.92. The number of hydrogen-bond donors (Lipinski definition) is 2. The molecule has 0 fully saturated rings. The molecule has 1 unspecified atom stereocenters. The van der Waals surface area contributed by atoms with E-state index in [1.165, 1.54) is 21.3 Å². The van der Waals surface area contributed by atoms with Gasteiger partial charge in [-0.3, -0.25) is 0 Å². The van der Waals surface area contributed by atoms with Gasteiger partial charge in [0.25, 0.3) is 0 Å². The van der Waals surface area contributed by atoms with Crippen molar-refractivity contribution < 1.29 is 28.5 Å². The zero-order valence-corrected chi connectivity index (χ0v) is 16.3. The lowest BCUT2D eigenvalue weighted by Crippen LogP contribution is -2.46. The molecule has 0 aliphatic carbocycles. The van der Waals surface area contributed by atoms with Crippen LogP contribution in [-0.2, 0) is 9.53 Å². The van der Waals surface area contributed by atoms with Crippen LogP contribution in [0.5, 0.6) is 17.2 Å². The summed E-state index contributed by atoms with van der Waals surface area (Å²) in [4.78, 5) is 24.8. The third kappa shape index (κ3) is 4.27. The molecule has 1 heterocycles. The molecule has 0 aromatic heterocycles. The van der Waals surface area contributed by atoms with E-state index >= 15 is 0 Å². The topological polar surface area (TPSA) is 95.1 Å². The minimum absolute atomic E-state index is 0.234. The molecule has 1 aliphatic rings. The van der Waals surface area contributed by atoms with Gasteiger partial charge in [0, 0.05) is 5.70 Å². The lowest BCUT2D eigenvalue weighted by molar-refractivity contribution is -0.139. The average Bonchev–Trinajstić information content (AvgIpc) is 2.66. The number of esters is 1. The van der Waals surface area contributed by atoms with E-state index in [0.717, 1.165) is 6.42 Å². The Labute approximate surface area is 158 Å². The Morgan fingerprint density at radius 1 is 1.07 bits per heavy atom. The Bertz CT molecular complexity index is 719. The summed E-state index contributed by atoms with van der Waals surface area (Å²) in [6.07, 6.45) is 1.31. The number of allylic oxidation sites excluding steroid dienone is 1. The highest BCUT2D eigenvalue weighted by Gasteiger charge is 2.34. The SMILES string of the molecule is CCCC1=C(C(=O)OCC)C(c2cc(OC)c(OC)c(OC)c2)NC(=O)N1. The molecule has 0 spiro atoms. The van der Waals surface area contributed by atoms with Gasteiger partial charge in [-0.15, -0.1) is 0 Å². The van der Waals surface area contributed by atoms with Crippen LogP contribution in [0, 0.1) is 0 Å². The molecule has 148 valence electrons. The van der Waals surface area contributed by atoms with Gasteiger partial charge in [-0.25, -0.2) is 9.59 Å². The Morgan fingerprint density at radius 3 is 2.19 bits per heavy atom. The molecule has 1 aromatic carbocycles.